The van der Waals surface area contributed by atoms with Gasteiger partial charge in [0.2, 0.25) is 0 Å². The van der Waals surface area contributed by atoms with Crippen molar-refractivity contribution in [1.29, 1.82) is 0 Å². The van der Waals surface area contributed by atoms with Crippen LogP contribution in [0.15, 0.2) is 6.20 Å². The number of H-pyrrole nitrogens is 1. The molecule has 2 aromatic heterocycles. The summed E-state index contributed by atoms with van der Waals surface area (Å²) in [4.78, 5) is 18.8. The first-order valence-corrected chi connectivity index (χ1v) is 7.40. The topological polar surface area (TPSA) is 88.9 Å². The molecule has 0 spiro atoms. The van der Waals surface area contributed by atoms with Gasteiger partial charge in [-0.05, 0) is 6.92 Å². The van der Waals surface area contributed by atoms with Crippen molar-refractivity contribution in [2.75, 3.05) is 19.7 Å². The summed E-state index contributed by atoms with van der Waals surface area (Å²) in [7, 11) is 1.83. The van der Waals surface area contributed by atoms with Crippen LogP contribution in [-0.2, 0) is 18.2 Å². The van der Waals surface area contributed by atoms with Gasteiger partial charge in [0.05, 0.1) is 24.9 Å². The lowest BCUT2D eigenvalue weighted by Gasteiger charge is -2.31. The molecule has 118 valence electrons. The lowest BCUT2D eigenvalue weighted by Crippen LogP contribution is -2.42. The molecule has 1 N–H and O–H groups in total. The van der Waals surface area contributed by atoms with Gasteiger partial charge in [0.25, 0.3) is 5.91 Å². The Labute approximate surface area is 128 Å². The number of aromatic nitrogens is 5. The van der Waals surface area contributed by atoms with E-state index in [-0.39, 0.29) is 12.0 Å². The van der Waals surface area contributed by atoms with Crippen molar-refractivity contribution in [2.45, 2.75) is 26.4 Å². The standard InChI is InChI=1S/C14H20N6O2/c1-4-12-16-13(18-17-12)11-8-20(5-6-22-11)14(21)10-7-15-19(3)9(10)2/h7,11H,4-6,8H2,1-3H3,(H,16,17,18)/t11-/m1/s1. The molecule has 1 aliphatic heterocycles. The van der Waals surface area contributed by atoms with Gasteiger partial charge in [0, 0.05) is 25.7 Å². The van der Waals surface area contributed by atoms with Crippen LogP contribution in [0.1, 0.15) is 40.7 Å². The molecule has 22 heavy (non-hydrogen) atoms. The van der Waals surface area contributed by atoms with Gasteiger partial charge in [-0.1, -0.05) is 6.92 Å². The summed E-state index contributed by atoms with van der Waals surface area (Å²) < 4.78 is 7.42. The van der Waals surface area contributed by atoms with Gasteiger partial charge >= 0.3 is 0 Å². The monoisotopic (exact) mass is 304 g/mol. The Hall–Kier alpha value is -2.22. The van der Waals surface area contributed by atoms with Crippen LogP contribution in [0.5, 0.6) is 0 Å². The first-order chi connectivity index (χ1) is 10.6. The molecule has 1 atom stereocenters. The highest BCUT2D eigenvalue weighted by Crippen LogP contribution is 2.21. The highest BCUT2D eigenvalue weighted by molar-refractivity contribution is 5.95. The number of carbonyl (C=O) groups is 1. The number of ether oxygens (including phenoxy) is 1. The summed E-state index contributed by atoms with van der Waals surface area (Å²) in [6.45, 7) is 5.39. The van der Waals surface area contributed by atoms with Gasteiger partial charge < -0.3 is 9.64 Å². The summed E-state index contributed by atoms with van der Waals surface area (Å²) in [5.74, 6) is 1.41. The molecule has 1 amide bonds. The van der Waals surface area contributed by atoms with Crippen molar-refractivity contribution in [3.8, 4) is 0 Å². The molecule has 1 fully saturated rings. The molecular weight excluding hydrogens is 284 g/mol. The smallest absolute Gasteiger partial charge is 0.257 e. The maximum atomic E-state index is 12.6. The van der Waals surface area contributed by atoms with Crippen molar-refractivity contribution in [3.63, 3.8) is 0 Å². The molecule has 2 aromatic rings. The number of carbonyl (C=O) groups excluding carboxylic acids is 1. The zero-order valence-corrected chi connectivity index (χ0v) is 13.0. The highest BCUT2D eigenvalue weighted by atomic mass is 16.5. The van der Waals surface area contributed by atoms with Crippen LogP contribution < -0.4 is 0 Å². The third-order valence-corrected chi connectivity index (χ3v) is 3.99. The van der Waals surface area contributed by atoms with Crippen molar-refractivity contribution in [2.24, 2.45) is 7.05 Å². The molecule has 0 aromatic carbocycles. The van der Waals surface area contributed by atoms with E-state index in [0.717, 1.165) is 17.9 Å². The van der Waals surface area contributed by atoms with Crippen LogP contribution in [-0.4, -0.2) is 55.5 Å². The Bertz CT molecular complexity index is 677. The summed E-state index contributed by atoms with van der Waals surface area (Å²) in [5.41, 5.74) is 1.49. The first-order valence-electron chi connectivity index (χ1n) is 7.40. The van der Waals surface area contributed by atoms with Gasteiger partial charge in [0.1, 0.15) is 11.9 Å². The molecule has 8 nitrogen and oxygen atoms in total. The van der Waals surface area contributed by atoms with Gasteiger partial charge in [-0.25, -0.2) is 4.98 Å². The van der Waals surface area contributed by atoms with Crippen molar-refractivity contribution < 1.29 is 9.53 Å². The molecule has 0 saturated carbocycles. The average molecular weight is 304 g/mol. The summed E-state index contributed by atoms with van der Waals surface area (Å²) in [6, 6.07) is 0. The minimum Gasteiger partial charge on any atom is -0.366 e. The SMILES string of the molecule is CCc1nc([C@H]2CN(C(=O)c3cnn(C)c3C)CCO2)n[nH]1. The van der Waals surface area contributed by atoms with Crippen molar-refractivity contribution in [1.82, 2.24) is 29.9 Å². The Kier molecular flexibility index (Phi) is 3.93. The van der Waals surface area contributed by atoms with Crippen LogP contribution in [0.3, 0.4) is 0 Å². The second kappa shape index (κ2) is 5.88. The third kappa shape index (κ3) is 2.61. The van der Waals surface area contributed by atoms with E-state index < -0.39 is 0 Å². The van der Waals surface area contributed by atoms with E-state index in [2.05, 4.69) is 20.3 Å². The molecular formula is C14H20N6O2. The second-order valence-corrected chi connectivity index (χ2v) is 5.37. The zero-order chi connectivity index (χ0) is 15.7. The first kappa shape index (κ1) is 14.7. The summed E-state index contributed by atoms with van der Waals surface area (Å²) in [6.07, 6.45) is 2.12. The number of nitrogens with zero attached hydrogens (tertiary/aromatic N) is 5. The van der Waals surface area contributed by atoms with Gasteiger partial charge in [0.15, 0.2) is 5.82 Å². The van der Waals surface area contributed by atoms with Crippen LogP contribution in [0.2, 0.25) is 0 Å². The lowest BCUT2D eigenvalue weighted by atomic mass is 10.2. The summed E-state index contributed by atoms with van der Waals surface area (Å²) in [5, 5.41) is 11.2. The minimum atomic E-state index is -0.286. The maximum absolute atomic E-state index is 12.6. The molecule has 8 heteroatoms. The third-order valence-electron chi connectivity index (χ3n) is 3.99. The predicted octanol–water partition coefficient (Wildman–Crippen LogP) is 0.623. The van der Waals surface area contributed by atoms with Crippen LogP contribution in [0.25, 0.3) is 0 Å². The number of aromatic amines is 1. The van der Waals surface area contributed by atoms with Gasteiger partial charge in [-0.3, -0.25) is 14.6 Å². The van der Waals surface area contributed by atoms with Crippen LogP contribution in [0.4, 0.5) is 0 Å². The molecule has 0 aliphatic carbocycles. The molecule has 3 heterocycles. The number of rotatable bonds is 3. The Morgan fingerprint density at radius 2 is 2.36 bits per heavy atom. The van der Waals surface area contributed by atoms with Crippen LogP contribution >= 0.6 is 0 Å². The fraction of sp³-hybridized carbons (Fsp3) is 0.571. The van der Waals surface area contributed by atoms with E-state index in [0.29, 0.717) is 31.1 Å². The van der Waals surface area contributed by atoms with Gasteiger partial charge in [-0.2, -0.15) is 10.2 Å². The Morgan fingerprint density at radius 1 is 1.55 bits per heavy atom. The van der Waals surface area contributed by atoms with E-state index in [4.69, 9.17) is 4.74 Å². The van der Waals surface area contributed by atoms with Crippen molar-refractivity contribution >= 4 is 5.91 Å². The predicted molar refractivity (Wildman–Crippen MR) is 78.3 cm³/mol. The molecule has 1 saturated heterocycles. The molecule has 1 aliphatic rings. The van der Waals surface area contributed by atoms with Crippen molar-refractivity contribution in [3.05, 3.63) is 29.1 Å². The number of nitrogens with one attached hydrogen (secondary N) is 1. The summed E-state index contributed by atoms with van der Waals surface area (Å²) >= 11 is 0. The normalized spacial score (nSPS) is 18.7. The van der Waals surface area contributed by atoms with E-state index in [1.54, 1.807) is 15.8 Å². The largest absolute Gasteiger partial charge is 0.366 e. The lowest BCUT2D eigenvalue weighted by molar-refractivity contribution is -0.0267. The van der Waals surface area contributed by atoms with E-state index in [9.17, 15) is 4.79 Å². The average Bonchev–Trinajstić information content (AvgIpc) is 3.15. The quantitative estimate of drug-likeness (QED) is 0.898. The van der Waals surface area contributed by atoms with Crippen LogP contribution in [0, 0.1) is 6.92 Å². The van der Waals surface area contributed by atoms with E-state index in [1.165, 1.54) is 0 Å². The number of hydrogen-bond donors (Lipinski definition) is 1. The molecule has 0 bridgehead atoms. The van der Waals surface area contributed by atoms with Gasteiger partial charge in [-0.15, -0.1) is 0 Å². The number of aryl methyl sites for hydroxylation is 2. The Balaban J connectivity index is 1.75. The zero-order valence-electron chi connectivity index (χ0n) is 13.0. The molecule has 0 unspecified atom stereocenters. The second-order valence-electron chi connectivity index (χ2n) is 5.37. The number of morpholine rings is 1. The Morgan fingerprint density at radius 3 is 3.00 bits per heavy atom. The fourth-order valence-electron chi connectivity index (χ4n) is 2.48. The molecule has 3 rings (SSSR count). The van der Waals surface area contributed by atoms with E-state index >= 15 is 0 Å². The number of hydrogen-bond acceptors (Lipinski definition) is 5. The van der Waals surface area contributed by atoms with E-state index in [1.807, 2.05) is 20.9 Å². The fourth-order valence-corrected chi connectivity index (χ4v) is 2.48. The molecule has 0 radical (unpaired) electrons. The minimum absolute atomic E-state index is 0.0230. The number of amides is 1. The maximum Gasteiger partial charge on any atom is 0.257 e. The highest BCUT2D eigenvalue weighted by Gasteiger charge is 2.29.